The largest absolute Gasteiger partial charge is 0.378 e. The molecule has 0 aromatic heterocycles. The summed E-state index contributed by atoms with van der Waals surface area (Å²) in [6.07, 6.45) is 0. The molecule has 6 nitrogen and oxygen atoms in total. The number of rotatable bonds is 7. The van der Waals surface area contributed by atoms with Crippen LogP contribution in [0.15, 0.2) is 53.4 Å². The van der Waals surface area contributed by atoms with Crippen LogP contribution in [0.1, 0.15) is 11.6 Å². The van der Waals surface area contributed by atoms with E-state index in [0.717, 1.165) is 37.4 Å². The van der Waals surface area contributed by atoms with Crippen LogP contribution in [0.4, 0.5) is 10.1 Å². The molecule has 1 saturated heterocycles. The van der Waals surface area contributed by atoms with Crippen LogP contribution >= 0.6 is 0 Å². The van der Waals surface area contributed by atoms with Gasteiger partial charge in [0.05, 0.1) is 13.6 Å². The molecule has 1 atom stereocenters. The van der Waals surface area contributed by atoms with E-state index in [1.54, 1.807) is 0 Å². The van der Waals surface area contributed by atoms with E-state index < -0.39 is 15.8 Å². The number of nitrogens with zero attached hydrogens (tertiary/aromatic N) is 1. The lowest BCUT2D eigenvalue weighted by Crippen LogP contribution is -3.27. The summed E-state index contributed by atoms with van der Waals surface area (Å²) in [7, 11) is 2.24. The van der Waals surface area contributed by atoms with Gasteiger partial charge < -0.3 is 14.7 Å². The van der Waals surface area contributed by atoms with Crippen molar-refractivity contribution in [3.63, 3.8) is 0 Å². The normalized spacial score (nSPS) is 21.0. The minimum Gasteiger partial charge on any atom is -0.378 e. The first kappa shape index (κ1) is 21.7. The zero-order valence-electron chi connectivity index (χ0n) is 17.3. The van der Waals surface area contributed by atoms with Crippen LogP contribution in [-0.2, 0) is 10.0 Å². The van der Waals surface area contributed by atoms with Gasteiger partial charge in [0.15, 0.2) is 0 Å². The summed E-state index contributed by atoms with van der Waals surface area (Å²) in [5.41, 5.74) is 2.18. The van der Waals surface area contributed by atoms with Crippen molar-refractivity contribution >= 4 is 15.7 Å². The van der Waals surface area contributed by atoms with E-state index in [4.69, 9.17) is 0 Å². The van der Waals surface area contributed by atoms with Crippen LogP contribution in [0.25, 0.3) is 0 Å². The quantitative estimate of drug-likeness (QED) is 0.555. The molecule has 0 amide bonds. The van der Waals surface area contributed by atoms with E-state index in [2.05, 4.69) is 36.0 Å². The minimum absolute atomic E-state index is 0.0270. The summed E-state index contributed by atoms with van der Waals surface area (Å²) in [4.78, 5) is 4.57. The number of benzene rings is 2. The Balaban J connectivity index is 1.82. The Morgan fingerprint density at radius 1 is 1.03 bits per heavy atom. The molecule has 0 unspecified atom stereocenters. The van der Waals surface area contributed by atoms with Gasteiger partial charge in [0.25, 0.3) is 0 Å². The van der Waals surface area contributed by atoms with Gasteiger partial charge in [-0.15, -0.1) is 0 Å². The smallest absolute Gasteiger partial charge is 0.243 e. The summed E-state index contributed by atoms with van der Waals surface area (Å²) in [5, 5.41) is 0. The summed E-state index contributed by atoms with van der Waals surface area (Å²) >= 11 is 0. The fourth-order valence-corrected chi connectivity index (χ4v) is 4.91. The van der Waals surface area contributed by atoms with Gasteiger partial charge in [-0.05, 0) is 24.3 Å². The zero-order valence-corrected chi connectivity index (χ0v) is 18.1. The maximum Gasteiger partial charge on any atom is 0.243 e. The molecule has 0 aliphatic carbocycles. The molecule has 0 bridgehead atoms. The number of sulfonamides is 1. The Hall–Kier alpha value is -2.00. The number of quaternary nitrogens is 2. The summed E-state index contributed by atoms with van der Waals surface area (Å²) < 4.78 is 42.1. The molecule has 1 fully saturated rings. The highest BCUT2D eigenvalue weighted by molar-refractivity contribution is 7.89. The first-order valence-electron chi connectivity index (χ1n) is 9.95. The Bertz CT molecular complexity index is 911. The van der Waals surface area contributed by atoms with Crippen LogP contribution in [0, 0.1) is 5.82 Å². The average molecular weight is 423 g/mol. The van der Waals surface area contributed by atoms with E-state index in [0.29, 0.717) is 0 Å². The predicted molar refractivity (Wildman–Crippen MR) is 112 cm³/mol. The van der Waals surface area contributed by atoms with Gasteiger partial charge in [0.1, 0.15) is 42.9 Å². The zero-order chi connectivity index (χ0) is 21.0. The SMILES string of the molecule is CN(C)c1ccc([C@H](CNS(=O)(=O)c2ccccc2F)[NH+]2CC[NH+](C)CC2)cc1. The second-order valence-electron chi connectivity index (χ2n) is 7.94. The van der Waals surface area contributed by atoms with E-state index >= 15 is 0 Å². The van der Waals surface area contributed by atoms with Gasteiger partial charge in [-0.1, -0.05) is 24.3 Å². The first-order valence-corrected chi connectivity index (χ1v) is 11.4. The van der Waals surface area contributed by atoms with Gasteiger partial charge in [-0.25, -0.2) is 17.5 Å². The maximum absolute atomic E-state index is 14.0. The maximum atomic E-state index is 14.0. The van der Waals surface area contributed by atoms with Gasteiger partial charge in [0.2, 0.25) is 10.0 Å². The molecule has 1 heterocycles. The van der Waals surface area contributed by atoms with Gasteiger partial charge in [0, 0.05) is 25.3 Å². The highest BCUT2D eigenvalue weighted by Gasteiger charge is 2.31. The average Bonchev–Trinajstić information content (AvgIpc) is 2.70. The van der Waals surface area contributed by atoms with Crippen LogP contribution < -0.4 is 19.4 Å². The Kier molecular flexibility index (Phi) is 6.89. The molecule has 2 aromatic rings. The number of halogens is 1. The van der Waals surface area contributed by atoms with Crippen LogP contribution in [0.2, 0.25) is 0 Å². The van der Waals surface area contributed by atoms with Crippen molar-refractivity contribution < 1.29 is 22.6 Å². The Morgan fingerprint density at radius 2 is 1.66 bits per heavy atom. The molecule has 8 heteroatoms. The van der Waals surface area contributed by atoms with E-state index in [-0.39, 0.29) is 17.5 Å². The molecule has 3 rings (SSSR count). The number of nitrogens with one attached hydrogen (secondary N) is 3. The number of piperazine rings is 1. The predicted octanol–water partition coefficient (Wildman–Crippen LogP) is -0.675. The fourth-order valence-electron chi connectivity index (χ4n) is 3.78. The minimum atomic E-state index is -3.92. The van der Waals surface area contributed by atoms with E-state index in [1.807, 2.05) is 19.0 Å². The van der Waals surface area contributed by atoms with Crippen molar-refractivity contribution in [2.45, 2.75) is 10.9 Å². The third kappa shape index (κ3) is 5.33. The van der Waals surface area contributed by atoms with Gasteiger partial charge >= 0.3 is 0 Å². The van der Waals surface area contributed by atoms with E-state index in [1.165, 1.54) is 34.1 Å². The van der Waals surface area contributed by atoms with Crippen LogP contribution in [0.5, 0.6) is 0 Å². The van der Waals surface area contributed by atoms with Crippen molar-refractivity contribution in [2.24, 2.45) is 0 Å². The molecule has 0 radical (unpaired) electrons. The molecule has 1 aliphatic rings. The van der Waals surface area contributed by atoms with Crippen molar-refractivity contribution in [3.8, 4) is 0 Å². The molecule has 0 saturated carbocycles. The standard InChI is InChI=1S/C21H29FN4O2S/c1-24(2)18-10-8-17(9-11-18)20(26-14-12-25(3)13-15-26)16-23-29(27,28)21-7-5-4-6-19(21)22/h4-11,20,23H,12-16H2,1-3H3/p+2/t20-/m0/s1. The molecule has 0 spiro atoms. The fraction of sp³-hybridized carbons (Fsp3) is 0.429. The second kappa shape index (κ2) is 9.21. The molecule has 3 N–H and O–H groups in total. The Labute approximate surface area is 173 Å². The lowest BCUT2D eigenvalue weighted by Gasteiger charge is -2.33. The van der Waals surface area contributed by atoms with Crippen molar-refractivity contribution in [1.82, 2.24) is 4.72 Å². The van der Waals surface area contributed by atoms with Crippen molar-refractivity contribution in [1.29, 1.82) is 0 Å². The first-order chi connectivity index (χ1) is 13.8. The number of hydrogen-bond donors (Lipinski definition) is 3. The van der Waals surface area contributed by atoms with Gasteiger partial charge in [-0.2, -0.15) is 0 Å². The number of likely N-dealkylation sites (N-methyl/N-ethyl adjacent to an activating group) is 1. The monoisotopic (exact) mass is 422 g/mol. The molecule has 29 heavy (non-hydrogen) atoms. The molecular weight excluding hydrogens is 391 g/mol. The summed E-state index contributed by atoms with van der Waals surface area (Å²) in [6, 6.07) is 13.7. The number of anilines is 1. The molecular formula is C21H31FN4O2S+2. The summed E-state index contributed by atoms with van der Waals surface area (Å²) in [6.45, 7) is 4.25. The third-order valence-electron chi connectivity index (χ3n) is 5.65. The van der Waals surface area contributed by atoms with Crippen molar-refractivity contribution in [3.05, 3.63) is 59.9 Å². The highest BCUT2D eigenvalue weighted by atomic mass is 32.2. The van der Waals surface area contributed by atoms with Gasteiger partial charge in [-0.3, -0.25) is 0 Å². The van der Waals surface area contributed by atoms with E-state index in [9.17, 15) is 12.8 Å². The third-order valence-corrected chi connectivity index (χ3v) is 7.11. The Morgan fingerprint density at radius 3 is 2.24 bits per heavy atom. The molecule has 1 aliphatic heterocycles. The lowest BCUT2D eigenvalue weighted by molar-refractivity contribution is -1.02. The highest BCUT2D eigenvalue weighted by Crippen LogP contribution is 2.18. The second-order valence-corrected chi connectivity index (χ2v) is 9.67. The summed E-state index contributed by atoms with van der Waals surface area (Å²) in [5.74, 6) is -0.734. The van der Waals surface area contributed by atoms with Crippen molar-refractivity contribution in [2.75, 3.05) is 58.8 Å². The molecule has 2 aromatic carbocycles. The topological polar surface area (TPSA) is 58.3 Å². The van der Waals surface area contributed by atoms with Crippen LogP contribution in [-0.4, -0.2) is 62.3 Å². The molecule has 158 valence electrons. The number of hydrogen-bond acceptors (Lipinski definition) is 3. The van der Waals surface area contributed by atoms with Crippen LogP contribution in [0.3, 0.4) is 0 Å². The lowest BCUT2D eigenvalue weighted by atomic mass is 10.0.